The van der Waals surface area contributed by atoms with Gasteiger partial charge in [-0.15, -0.1) is 0 Å². The van der Waals surface area contributed by atoms with E-state index in [0.717, 1.165) is 6.42 Å². The molecule has 0 amide bonds. The number of nitrogens with zero attached hydrogens (tertiary/aromatic N) is 1. The zero-order valence-electron chi connectivity index (χ0n) is 13.1. The van der Waals surface area contributed by atoms with Crippen LogP contribution in [-0.2, 0) is 13.5 Å². The number of rotatable bonds is 2. The Bertz CT molecular complexity index is 957. The maximum atomic E-state index is 2.25. The maximum absolute atomic E-state index is 2.25. The van der Waals surface area contributed by atoms with Gasteiger partial charge < -0.3 is 0 Å². The summed E-state index contributed by atoms with van der Waals surface area (Å²) in [6.45, 7) is 0. The van der Waals surface area contributed by atoms with E-state index in [1.54, 1.807) is 0 Å². The third-order valence-electron chi connectivity index (χ3n) is 4.25. The second kappa shape index (κ2) is 5.98. The van der Waals surface area contributed by atoms with Gasteiger partial charge in [0.15, 0.2) is 0 Å². The van der Waals surface area contributed by atoms with Crippen LogP contribution < -0.4 is 4.57 Å². The van der Waals surface area contributed by atoms with E-state index >= 15 is 0 Å². The first kappa shape index (κ1) is 14.2. The lowest BCUT2D eigenvalue weighted by molar-refractivity contribution is -0.642. The van der Waals surface area contributed by atoms with Crippen LogP contribution in [0.25, 0.3) is 21.9 Å². The van der Waals surface area contributed by atoms with E-state index in [-0.39, 0.29) is 0 Å². The monoisotopic (exact) mass is 316 g/mol. The van der Waals surface area contributed by atoms with E-state index in [4.69, 9.17) is 0 Å². The molecule has 0 aliphatic heterocycles. The Balaban J connectivity index is 1.67. The summed E-state index contributed by atoms with van der Waals surface area (Å²) in [6, 6.07) is 17.2. The summed E-state index contributed by atoms with van der Waals surface area (Å²) in [5.74, 6) is 0. The molecule has 3 aromatic rings. The molecular formula is C21H18NS+. The molecule has 1 nitrogen and oxygen atoms in total. The minimum absolute atomic E-state index is 1.03. The van der Waals surface area contributed by atoms with Crippen LogP contribution in [0.15, 0.2) is 72.8 Å². The number of para-hydroxylation sites is 1. The van der Waals surface area contributed by atoms with E-state index in [2.05, 4.69) is 90.5 Å². The summed E-state index contributed by atoms with van der Waals surface area (Å²) in [5, 5.41) is 1.26. The zero-order valence-corrected chi connectivity index (χ0v) is 13.9. The Kier molecular flexibility index (Phi) is 3.68. The number of hydrogen-bond acceptors (Lipinski definition) is 1. The highest BCUT2D eigenvalue weighted by Crippen LogP contribution is 2.26. The highest BCUT2D eigenvalue weighted by Gasteiger charge is 2.13. The van der Waals surface area contributed by atoms with Crippen LogP contribution in [0.4, 0.5) is 0 Å². The fraction of sp³-hybridized carbons (Fsp3) is 0.0952. The standard InChI is InChI=1S/C21H18NS/c1-22-19-13-4-5-14-20(19)23-21(22)15-7-11-17-10-6-9-16-8-2-3-12-18(16)17/h2-8,10-15H,9H2,1H3/q+1. The van der Waals surface area contributed by atoms with Crippen LogP contribution in [0.1, 0.15) is 16.1 Å². The lowest BCUT2D eigenvalue weighted by Gasteiger charge is -2.12. The number of thiazole rings is 1. The average molecular weight is 316 g/mol. The molecule has 112 valence electrons. The van der Waals surface area contributed by atoms with Crippen molar-refractivity contribution >= 4 is 33.2 Å². The molecule has 23 heavy (non-hydrogen) atoms. The summed E-state index contributed by atoms with van der Waals surface area (Å²) in [7, 11) is 2.13. The molecule has 1 heterocycles. The van der Waals surface area contributed by atoms with Crippen molar-refractivity contribution < 1.29 is 4.57 Å². The topological polar surface area (TPSA) is 3.88 Å². The summed E-state index contributed by atoms with van der Waals surface area (Å²) in [5.41, 5.74) is 5.32. The Labute approximate surface area is 140 Å². The zero-order chi connectivity index (χ0) is 15.6. The summed E-state index contributed by atoms with van der Waals surface area (Å²) >= 11 is 1.82. The second-order valence-corrected chi connectivity index (χ2v) is 6.77. The van der Waals surface area contributed by atoms with E-state index in [9.17, 15) is 0 Å². The third-order valence-corrected chi connectivity index (χ3v) is 5.43. The lowest BCUT2D eigenvalue weighted by atomic mass is 9.92. The highest BCUT2D eigenvalue weighted by atomic mass is 32.1. The van der Waals surface area contributed by atoms with Crippen LogP contribution in [0, 0.1) is 0 Å². The number of aromatic nitrogens is 1. The van der Waals surface area contributed by atoms with Gasteiger partial charge in [-0.25, -0.2) is 0 Å². The Hall–Kier alpha value is -2.45. The summed E-state index contributed by atoms with van der Waals surface area (Å²) in [6.07, 6.45) is 12.1. The Morgan fingerprint density at radius 1 is 1.04 bits per heavy atom. The molecule has 2 heteroatoms. The number of aryl methyl sites for hydroxylation is 1. The molecule has 2 aromatic carbocycles. The molecule has 0 unspecified atom stereocenters. The fourth-order valence-corrected chi connectivity index (χ4v) is 4.09. The Morgan fingerprint density at radius 2 is 1.87 bits per heavy atom. The van der Waals surface area contributed by atoms with Crippen molar-refractivity contribution in [3.05, 3.63) is 89.0 Å². The van der Waals surface area contributed by atoms with Crippen molar-refractivity contribution in [3.8, 4) is 0 Å². The van der Waals surface area contributed by atoms with Gasteiger partial charge in [0.1, 0.15) is 11.7 Å². The van der Waals surface area contributed by atoms with Gasteiger partial charge in [-0.2, -0.15) is 4.57 Å². The van der Waals surface area contributed by atoms with Crippen LogP contribution in [0.5, 0.6) is 0 Å². The van der Waals surface area contributed by atoms with Gasteiger partial charge in [0.05, 0.1) is 0 Å². The van der Waals surface area contributed by atoms with E-state index in [0.29, 0.717) is 0 Å². The largest absolute Gasteiger partial charge is 0.262 e. The van der Waals surface area contributed by atoms with E-state index in [1.807, 2.05) is 11.3 Å². The smallest absolute Gasteiger partial charge is 0.185 e. The molecule has 0 fully saturated rings. The lowest BCUT2D eigenvalue weighted by Crippen LogP contribution is -2.28. The molecule has 1 aliphatic carbocycles. The predicted octanol–water partition coefficient (Wildman–Crippen LogP) is 4.93. The molecule has 0 atom stereocenters. The van der Waals surface area contributed by atoms with E-state index in [1.165, 1.54) is 31.9 Å². The minimum Gasteiger partial charge on any atom is -0.185 e. The molecule has 4 rings (SSSR count). The van der Waals surface area contributed by atoms with Gasteiger partial charge in [-0.1, -0.05) is 72.0 Å². The van der Waals surface area contributed by atoms with Crippen molar-refractivity contribution in [2.75, 3.05) is 0 Å². The third kappa shape index (κ3) is 2.66. The molecule has 1 aliphatic rings. The van der Waals surface area contributed by atoms with Crippen LogP contribution in [0.2, 0.25) is 0 Å². The second-order valence-electron chi connectivity index (χ2n) is 5.71. The molecule has 1 aromatic heterocycles. The highest BCUT2D eigenvalue weighted by molar-refractivity contribution is 7.18. The first-order valence-corrected chi connectivity index (χ1v) is 8.65. The summed E-state index contributed by atoms with van der Waals surface area (Å²) < 4.78 is 3.57. The molecule has 0 saturated heterocycles. The number of fused-ring (bicyclic) bond motifs is 2. The maximum Gasteiger partial charge on any atom is 0.262 e. The number of allylic oxidation sites excluding steroid dienone is 5. The van der Waals surface area contributed by atoms with Gasteiger partial charge in [0, 0.05) is 12.1 Å². The van der Waals surface area contributed by atoms with Crippen molar-refractivity contribution in [1.29, 1.82) is 0 Å². The molecule has 0 spiro atoms. The van der Waals surface area contributed by atoms with Crippen LogP contribution in [0.3, 0.4) is 0 Å². The predicted molar refractivity (Wildman–Crippen MR) is 99.3 cm³/mol. The minimum atomic E-state index is 1.03. The van der Waals surface area contributed by atoms with E-state index < -0.39 is 0 Å². The normalized spacial score (nSPS) is 15.6. The number of benzene rings is 2. The van der Waals surface area contributed by atoms with Crippen molar-refractivity contribution in [2.24, 2.45) is 7.05 Å². The van der Waals surface area contributed by atoms with Crippen LogP contribution in [-0.4, -0.2) is 0 Å². The van der Waals surface area contributed by atoms with Gasteiger partial charge in [-0.05, 0) is 29.2 Å². The van der Waals surface area contributed by atoms with Crippen molar-refractivity contribution in [2.45, 2.75) is 6.42 Å². The van der Waals surface area contributed by atoms with Crippen LogP contribution >= 0.6 is 11.3 Å². The molecule has 0 bridgehead atoms. The number of hydrogen-bond donors (Lipinski definition) is 0. The molecule has 0 saturated carbocycles. The van der Waals surface area contributed by atoms with Gasteiger partial charge in [0.2, 0.25) is 5.52 Å². The van der Waals surface area contributed by atoms with Crippen molar-refractivity contribution in [3.63, 3.8) is 0 Å². The first-order chi connectivity index (χ1) is 11.3. The van der Waals surface area contributed by atoms with Gasteiger partial charge >= 0.3 is 0 Å². The van der Waals surface area contributed by atoms with Gasteiger partial charge in [-0.3, -0.25) is 0 Å². The van der Waals surface area contributed by atoms with Gasteiger partial charge in [0.25, 0.3) is 5.01 Å². The molecule has 0 N–H and O–H groups in total. The average Bonchev–Trinajstić information content (AvgIpc) is 2.92. The van der Waals surface area contributed by atoms with Crippen molar-refractivity contribution in [1.82, 2.24) is 0 Å². The SMILES string of the molecule is C[n+]1c(C=CC=C2C=CCc3ccccc32)sc2ccccc21. The molecule has 0 radical (unpaired) electrons. The quantitative estimate of drug-likeness (QED) is 0.590. The Morgan fingerprint density at radius 3 is 2.78 bits per heavy atom. The molecular weight excluding hydrogens is 298 g/mol. The fourth-order valence-electron chi connectivity index (χ4n) is 3.03. The summed E-state index contributed by atoms with van der Waals surface area (Å²) in [4.78, 5) is 0. The first-order valence-electron chi connectivity index (χ1n) is 7.84.